The molecule has 0 fully saturated rings. The van der Waals surface area contributed by atoms with Gasteiger partial charge in [0.05, 0.1) is 19.8 Å². The topological polar surface area (TPSA) is 68.9 Å². The number of hydrogen-bond acceptors (Lipinski definition) is 3. The highest BCUT2D eigenvalue weighted by molar-refractivity contribution is 5.92. The maximum Gasteiger partial charge on any atom is 0.573 e. The Balaban J connectivity index is 1.94. The molecule has 1 aliphatic heterocycles. The fourth-order valence-electron chi connectivity index (χ4n) is 1.85. The first kappa shape index (κ1) is 16.2. The number of nitrogens with two attached hydrogens (primary N) is 1. The van der Waals surface area contributed by atoms with Crippen LogP contribution in [0.5, 0.6) is 5.75 Å². The summed E-state index contributed by atoms with van der Waals surface area (Å²) in [7, 11) is 0. The van der Waals surface area contributed by atoms with Crippen LogP contribution in [0.25, 0.3) is 0 Å². The van der Waals surface area contributed by atoms with Gasteiger partial charge < -0.3 is 20.5 Å². The van der Waals surface area contributed by atoms with Crippen molar-refractivity contribution in [3.05, 3.63) is 35.9 Å². The van der Waals surface area contributed by atoms with Crippen molar-refractivity contribution in [3.8, 4) is 5.75 Å². The lowest BCUT2D eigenvalue weighted by molar-refractivity contribution is -0.274. The lowest BCUT2D eigenvalue weighted by Gasteiger charge is -2.13. The van der Waals surface area contributed by atoms with Gasteiger partial charge in [-0.1, -0.05) is 12.1 Å². The Bertz CT molecular complexity index is 571. The smallest absolute Gasteiger partial charge is 0.406 e. The fourth-order valence-corrected chi connectivity index (χ4v) is 1.85. The van der Waals surface area contributed by atoms with Gasteiger partial charge in [0, 0.05) is 11.8 Å². The average Bonchev–Trinajstić information content (AvgIpc) is 2.45. The molecule has 1 aromatic rings. The number of hydrogen-bond donors (Lipinski definition) is 2. The molecule has 0 unspecified atom stereocenters. The van der Waals surface area contributed by atoms with E-state index in [2.05, 4.69) is 15.0 Å². The van der Waals surface area contributed by atoms with Crippen LogP contribution >= 0.6 is 0 Å². The van der Waals surface area contributed by atoms with Crippen LogP contribution in [0.3, 0.4) is 0 Å². The highest BCUT2D eigenvalue weighted by Gasteiger charge is 2.31. The number of benzene rings is 1. The number of aliphatic imine (C=N–C) groups is 1. The van der Waals surface area contributed by atoms with E-state index >= 15 is 0 Å². The summed E-state index contributed by atoms with van der Waals surface area (Å²) in [6.07, 6.45) is -1.99. The highest BCUT2D eigenvalue weighted by atomic mass is 19.4. The maximum atomic E-state index is 12.2. The van der Waals surface area contributed by atoms with Gasteiger partial charge in [-0.25, -0.2) is 4.99 Å². The molecule has 0 aromatic heterocycles. The summed E-state index contributed by atoms with van der Waals surface area (Å²) < 4.78 is 45.5. The molecule has 2 rings (SSSR count). The minimum atomic E-state index is -4.73. The second-order valence-electron chi connectivity index (χ2n) is 4.59. The molecule has 5 nitrogen and oxygen atoms in total. The average molecular weight is 315 g/mol. The summed E-state index contributed by atoms with van der Waals surface area (Å²) in [6.45, 7) is 1.65. The van der Waals surface area contributed by atoms with Gasteiger partial charge in [0.1, 0.15) is 5.75 Å². The van der Waals surface area contributed by atoms with Crippen LogP contribution < -0.4 is 15.8 Å². The number of nitrogens with zero attached hydrogens (tertiary/aromatic N) is 1. The van der Waals surface area contributed by atoms with E-state index in [9.17, 15) is 13.2 Å². The second-order valence-corrected chi connectivity index (χ2v) is 4.59. The minimum absolute atomic E-state index is 0.122. The van der Waals surface area contributed by atoms with Gasteiger partial charge in [-0.3, -0.25) is 0 Å². The number of ether oxygens (including phenoxy) is 2. The summed E-state index contributed by atoms with van der Waals surface area (Å²) in [6, 6.07) is 5.40. The third kappa shape index (κ3) is 5.65. The molecule has 22 heavy (non-hydrogen) atoms. The van der Waals surface area contributed by atoms with Crippen LogP contribution in [0.2, 0.25) is 0 Å². The van der Waals surface area contributed by atoms with Gasteiger partial charge in [-0.2, -0.15) is 0 Å². The third-order valence-corrected chi connectivity index (χ3v) is 2.85. The van der Waals surface area contributed by atoms with Crippen molar-refractivity contribution in [1.29, 1.82) is 0 Å². The standard InChI is InChI=1S/C14H16F3N3O2/c15-14(16,17)22-12-3-1-2-11(8-12)20-13(18)19-9-10-4-6-21-7-5-10/h1-4,8H,5-7,9H2,(H3,18,19,20). The van der Waals surface area contributed by atoms with E-state index in [4.69, 9.17) is 10.5 Å². The summed E-state index contributed by atoms with van der Waals surface area (Å²) in [4.78, 5) is 4.14. The van der Waals surface area contributed by atoms with Crippen molar-refractivity contribution in [3.63, 3.8) is 0 Å². The van der Waals surface area contributed by atoms with E-state index in [1.807, 2.05) is 6.08 Å². The van der Waals surface area contributed by atoms with Gasteiger partial charge in [-0.15, -0.1) is 13.2 Å². The van der Waals surface area contributed by atoms with Crippen molar-refractivity contribution >= 4 is 11.6 Å². The van der Waals surface area contributed by atoms with Crippen molar-refractivity contribution in [2.45, 2.75) is 12.8 Å². The largest absolute Gasteiger partial charge is 0.573 e. The van der Waals surface area contributed by atoms with Crippen molar-refractivity contribution in [2.75, 3.05) is 25.1 Å². The second kappa shape index (κ2) is 7.17. The number of rotatable bonds is 4. The van der Waals surface area contributed by atoms with Crippen molar-refractivity contribution in [1.82, 2.24) is 0 Å². The van der Waals surface area contributed by atoms with Crippen LogP contribution in [-0.2, 0) is 4.74 Å². The van der Waals surface area contributed by atoms with Gasteiger partial charge in [0.15, 0.2) is 5.96 Å². The quantitative estimate of drug-likeness (QED) is 0.509. The number of guanidine groups is 1. The zero-order chi connectivity index (χ0) is 16.0. The summed E-state index contributed by atoms with van der Waals surface area (Å²) in [5, 5.41) is 2.73. The lowest BCUT2D eigenvalue weighted by atomic mass is 10.1. The predicted octanol–water partition coefficient (Wildman–Crippen LogP) is 2.66. The van der Waals surface area contributed by atoms with Gasteiger partial charge in [0.2, 0.25) is 0 Å². The Morgan fingerprint density at radius 2 is 2.23 bits per heavy atom. The molecule has 3 N–H and O–H groups in total. The van der Waals surface area contributed by atoms with E-state index in [-0.39, 0.29) is 11.7 Å². The Morgan fingerprint density at radius 3 is 2.91 bits per heavy atom. The number of alkyl halides is 3. The van der Waals surface area contributed by atoms with Crippen LogP contribution in [0.15, 0.2) is 40.9 Å². The first-order valence-electron chi connectivity index (χ1n) is 6.61. The molecule has 0 amide bonds. The number of halogens is 3. The molecule has 1 aliphatic rings. The molecule has 120 valence electrons. The Hall–Kier alpha value is -2.22. The SMILES string of the molecule is NC(=NCC1=CCOCC1)Nc1cccc(OC(F)(F)F)c1. The van der Waals surface area contributed by atoms with E-state index < -0.39 is 6.36 Å². The predicted molar refractivity (Wildman–Crippen MR) is 76.8 cm³/mol. The Kier molecular flexibility index (Phi) is 5.26. The van der Waals surface area contributed by atoms with Crippen LogP contribution in [0.1, 0.15) is 6.42 Å². The van der Waals surface area contributed by atoms with Crippen LogP contribution in [0.4, 0.5) is 18.9 Å². The highest BCUT2D eigenvalue weighted by Crippen LogP contribution is 2.24. The van der Waals surface area contributed by atoms with Crippen molar-refractivity contribution in [2.24, 2.45) is 10.7 Å². The monoisotopic (exact) mass is 315 g/mol. The first-order chi connectivity index (χ1) is 10.4. The molecule has 1 heterocycles. The van der Waals surface area contributed by atoms with Crippen LogP contribution in [-0.4, -0.2) is 32.1 Å². The van der Waals surface area contributed by atoms with E-state index in [0.29, 0.717) is 25.4 Å². The molecule has 0 saturated heterocycles. The summed E-state index contributed by atoms with van der Waals surface area (Å²) >= 11 is 0. The molecule has 0 aliphatic carbocycles. The molecule has 8 heteroatoms. The molecule has 0 radical (unpaired) electrons. The zero-order valence-electron chi connectivity index (χ0n) is 11.7. The molecule has 0 bridgehead atoms. The van der Waals surface area contributed by atoms with Gasteiger partial charge in [0.25, 0.3) is 0 Å². The molecule has 0 saturated carbocycles. The van der Waals surface area contributed by atoms with Crippen LogP contribution in [0, 0.1) is 0 Å². The summed E-state index contributed by atoms with van der Waals surface area (Å²) in [5.74, 6) is -0.200. The minimum Gasteiger partial charge on any atom is -0.406 e. The van der Waals surface area contributed by atoms with E-state index in [0.717, 1.165) is 12.0 Å². The first-order valence-corrected chi connectivity index (χ1v) is 6.61. The molecule has 1 aromatic carbocycles. The van der Waals surface area contributed by atoms with Gasteiger partial charge >= 0.3 is 6.36 Å². The van der Waals surface area contributed by atoms with E-state index in [1.54, 1.807) is 6.07 Å². The molecule has 0 atom stereocenters. The maximum absolute atomic E-state index is 12.2. The molecular formula is C14H16F3N3O2. The van der Waals surface area contributed by atoms with E-state index in [1.165, 1.54) is 18.2 Å². The van der Waals surface area contributed by atoms with Crippen molar-refractivity contribution < 1.29 is 22.6 Å². The molecular weight excluding hydrogens is 299 g/mol. The lowest BCUT2D eigenvalue weighted by Crippen LogP contribution is -2.23. The number of nitrogens with one attached hydrogen (secondary N) is 1. The Morgan fingerprint density at radius 1 is 1.41 bits per heavy atom. The summed E-state index contributed by atoms with van der Waals surface area (Å²) in [5.41, 5.74) is 7.20. The van der Waals surface area contributed by atoms with Gasteiger partial charge in [-0.05, 0) is 24.1 Å². The third-order valence-electron chi connectivity index (χ3n) is 2.85. The Labute approximate surface area is 125 Å². The molecule has 0 spiro atoms. The normalized spacial score (nSPS) is 16.1. The zero-order valence-corrected chi connectivity index (χ0v) is 11.7. The number of anilines is 1. The fraction of sp³-hybridized carbons (Fsp3) is 0.357.